The molecule has 0 saturated heterocycles. The number of rotatable bonds is 8. The predicted octanol–water partition coefficient (Wildman–Crippen LogP) is 5.04. The van der Waals surface area contributed by atoms with Gasteiger partial charge in [0.15, 0.2) is 11.0 Å². The molecule has 0 aliphatic heterocycles. The molecule has 0 radical (unpaired) electrons. The number of hydrogen-bond acceptors (Lipinski definition) is 5. The summed E-state index contributed by atoms with van der Waals surface area (Å²) in [7, 11) is 1.58. The van der Waals surface area contributed by atoms with E-state index in [-0.39, 0.29) is 11.7 Å². The van der Waals surface area contributed by atoms with Crippen molar-refractivity contribution in [2.24, 2.45) is 0 Å². The molecule has 4 rings (SSSR count). The molecule has 0 spiro atoms. The molecule has 4 aromatic rings. The normalized spacial score (nSPS) is 10.7. The maximum Gasteiger partial charge on any atom is 0.234 e. The van der Waals surface area contributed by atoms with E-state index in [4.69, 9.17) is 4.74 Å². The predicted molar refractivity (Wildman–Crippen MR) is 128 cm³/mol. The number of carbonyl (C=O) groups is 1. The zero-order valence-corrected chi connectivity index (χ0v) is 18.8. The summed E-state index contributed by atoms with van der Waals surface area (Å²) in [5.74, 6) is 1.48. The SMILES string of the molecule is COc1ccccc1NC(=O)CSc1nnc(-c2cccc(C)c2)n1Cc1ccccc1. The minimum absolute atomic E-state index is 0.133. The van der Waals surface area contributed by atoms with Crippen LogP contribution in [0, 0.1) is 6.92 Å². The first kappa shape index (κ1) is 21.6. The van der Waals surface area contributed by atoms with Gasteiger partial charge in [0.2, 0.25) is 5.91 Å². The van der Waals surface area contributed by atoms with Crippen LogP contribution in [-0.4, -0.2) is 33.5 Å². The van der Waals surface area contributed by atoms with E-state index in [9.17, 15) is 4.79 Å². The molecule has 1 heterocycles. The second-order valence-electron chi connectivity index (χ2n) is 7.28. The second kappa shape index (κ2) is 10.2. The van der Waals surface area contributed by atoms with Crippen molar-refractivity contribution in [3.63, 3.8) is 0 Å². The van der Waals surface area contributed by atoms with Crippen LogP contribution in [-0.2, 0) is 11.3 Å². The highest BCUT2D eigenvalue weighted by Gasteiger charge is 2.17. The second-order valence-corrected chi connectivity index (χ2v) is 8.23. The summed E-state index contributed by atoms with van der Waals surface area (Å²) in [6, 6.07) is 25.7. The molecule has 7 heteroatoms. The number of amides is 1. The van der Waals surface area contributed by atoms with Gasteiger partial charge in [-0.1, -0.05) is 78.0 Å². The van der Waals surface area contributed by atoms with Crippen LogP contribution in [0.5, 0.6) is 5.75 Å². The summed E-state index contributed by atoms with van der Waals surface area (Å²) in [4.78, 5) is 12.6. The largest absolute Gasteiger partial charge is 0.495 e. The number of para-hydroxylation sites is 2. The minimum atomic E-state index is -0.133. The minimum Gasteiger partial charge on any atom is -0.495 e. The average Bonchev–Trinajstić information content (AvgIpc) is 3.21. The zero-order chi connectivity index (χ0) is 22.3. The molecule has 3 aromatic carbocycles. The van der Waals surface area contributed by atoms with E-state index >= 15 is 0 Å². The molecule has 1 N–H and O–H groups in total. The number of benzene rings is 3. The Morgan fingerprint density at radius 1 is 1.00 bits per heavy atom. The van der Waals surface area contributed by atoms with E-state index in [1.54, 1.807) is 7.11 Å². The third kappa shape index (κ3) is 5.18. The van der Waals surface area contributed by atoms with Crippen molar-refractivity contribution in [1.29, 1.82) is 0 Å². The van der Waals surface area contributed by atoms with E-state index in [0.29, 0.717) is 23.1 Å². The van der Waals surface area contributed by atoms with Crippen LogP contribution in [0.15, 0.2) is 84.0 Å². The number of methoxy groups -OCH3 is 1. The maximum atomic E-state index is 12.6. The number of aromatic nitrogens is 3. The van der Waals surface area contributed by atoms with Gasteiger partial charge < -0.3 is 10.1 Å². The Bertz CT molecular complexity index is 1210. The number of nitrogens with one attached hydrogen (secondary N) is 1. The van der Waals surface area contributed by atoms with Crippen molar-refractivity contribution in [2.45, 2.75) is 18.6 Å². The van der Waals surface area contributed by atoms with Gasteiger partial charge in [-0.25, -0.2) is 0 Å². The molecule has 6 nitrogen and oxygen atoms in total. The Morgan fingerprint density at radius 2 is 1.78 bits per heavy atom. The lowest BCUT2D eigenvalue weighted by Gasteiger charge is -2.12. The highest BCUT2D eigenvalue weighted by atomic mass is 32.2. The van der Waals surface area contributed by atoms with Crippen molar-refractivity contribution in [2.75, 3.05) is 18.2 Å². The monoisotopic (exact) mass is 444 g/mol. The maximum absolute atomic E-state index is 12.6. The van der Waals surface area contributed by atoms with Crippen LogP contribution in [0.2, 0.25) is 0 Å². The van der Waals surface area contributed by atoms with Crippen LogP contribution in [0.4, 0.5) is 5.69 Å². The quantitative estimate of drug-likeness (QED) is 0.386. The lowest BCUT2D eigenvalue weighted by Crippen LogP contribution is -2.15. The van der Waals surface area contributed by atoms with Crippen molar-refractivity contribution >= 4 is 23.4 Å². The Morgan fingerprint density at radius 3 is 2.56 bits per heavy atom. The van der Waals surface area contributed by atoms with E-state index in [2.05, 4.69) is 51.3 Å². The van der Waals surface area contributed by atoms with E-state index in [1.807, 2.05) is 54.6 Å². The summed E-state index contributed by atoms with van der Waals surface area (Å²) in [5, 5.41) is 12.5. The van der Waals surface area contributed by atoms with Gasteiger partial charge in [0, 0.05) is 5.56 Å². The van der Waals surface area contributed by atoms with Gasteiger partial charge in [0.1, 0.15) is 5.75 Å². The molecule has 1 aromatic heterocycles. The summed E-state index contributed by atoms with van der Waals surface area (Å²) in [6.07, 6.45) is 0. The van der Waals surface area contributed by atoms with Gasteiger partial charge in [-0.05, 0) is 30.7 Å². The summed E-state index contributed by atoms with van der Waals surface area (Å²) in [6.45, 7) is 2.67. The topological polar surface area (TPSA) is 69.0 Å². The molecule has 1 amide bonds. The van der Waals surface area contributed by atoms with Crippen molar-refractivity contribution in [3.8, 4) is 17.1 Å². The van der Waals surface area contributed by atoms with Gasteiger partial charge in [-0.15, -0.1) is 10.2 Å². The van der Waals surface area contributed by atoms with Crippen LogP contribution >= 0.6 is 11.8 Å². The molecular weight excluding hydrogens is 420 g/mol. The van der Waals surface area contributed by atoms with E-state index < -0.39 is 0 Å². The van der Waals surface area contributed by atoms with Gasteiger partial charge in [-0.2, -0.15) is 0 Å². The molecule has 162 valence electrons. The number of aryl methyl sites for hydroxylation is 1. The lowest BCUT2D eigenvalue weighted by molar-refractivity contribution is -0.113. The number of hydrogen-bond donors (Lipinski definition) is 1. The molecular formula is C25H24N4O2S. The Hall–Kier alpha value is -3.58. The first-order chi connectivity index (χ1) is 15.6. The van der Waals surface area contributed by atoms with Crippen LogP contribution in [0.3, 0.4) is 0 Å². The number of ether oxygens (including phenoxy) is 1. The van der Waals surface area contributed by atoms with Gasteiger partial charge >= 0.3 is 0 Å². The standard InChI is InChI=1S/C25H24N4O2S/c1-18-9-8-12-20(15-18)24-27-28-25(29(24)16-19-10-4-3-5-11-19)32-17-23(30)26-21-13-6-7-14-22(21)31-2/h3-15H,16-17H2,1-2H3,(H,26,30). The fraction of sp³-hybridized carbons (Fsp3) is 0.160. The third-order valence-electron chi connectivity index (χ3n) is 4.89. The molecule has 0 saturated carbocycles. The number of nitrogens with zero attached hydrogens (tertiary/aromatic N) is 3. The number of carbonyl (C=O) groups excluding carboxylic acids is 1. The first-order valence-corrected chi connectivity index (χ1v) is 11.2. The Kier molecular flexibility index (Phi) is 6.87. The van der Waals surface area contributed by atoms with Gasteiger partial charge in [0.05, 0.1) is 25.1 Å². The fourth-order valence-corrected chi connectivity index (χ4v) is 4.10. The third-order valence-corrected chi connectivity index (χ3v) is 5.86. The summed E-state index contributed by atoms with van der Waals surface area (Å²) < 4.78 is 7.37. The summed E-state index contributed by atoms with van der Waals surface area (Å²) in [5.41, 5.74) is 3.94. The van der Waals surface area contributed by atoms with Crippen LogP contribution in [0.25, 0.3) is 11.4 Å². The van der Waals surface area contributed by atoms with Crippen LogP contribution < -0.4 is 10.1 Å². The molecule has 0 atom stereocenters. The molecule has 0 aliphatic rings. The van der Waals surface area contributed by atoms with E-state index in [0.717, 1.165) is 22.5 Å². The van der Waals surface area contributed by atoms with Crippen molar-refractivity contribution in [3.05, 3.63) is 90.0 Å². The van der Waals surface area contributed by atoms with E-state index in [1.165, 1.54) is 11.8 Å². The Balaban J connectivity index is 1.56. The van der Waals surface area contributed by atoms with Gasteiger partial charge in [-0.3, -0.25) is 9.36 Å². The molecule has 32 heavy (non-hydrogen) atoms. The summed E-state index contributed by atoms with van der Waals surface area (Å²) >= 11 is 1.36. The highest BCUT2D eigenvalue weighted by Crippen LogP contribution is 2.27. The number of thioether (sulfide) groups is 1. The first-order valence-electron chi connectivity index (χ1n) is 10.2. The zero-order valence-electron chi connectivity index (χ0n) is 18.0. The highest BCUT2D eigenvalue weighted by molar-refractivity contribution is 7.99. The van der Waals surface area contributed by atoms with Crippen molar-refractivity contribution < 1.29 is 9.53 Å². The smallest absolute Gasteiger partial charge is 0.234 e. The molecule has 0 aliphatic carbocycles. The number of anilines is 1. The lowest BCUT2D eigenvalue weighted by atomic mass is 10.1. The molecule has 0 fully saturated rings. The van der Waals surface area contributed by atoms with Gasteiger partial charge in [0.25, 0.3) is 0 Å². The van der Waals surface area contributed by atoms with Crippen LogP contribution in [0.1, 0.15) is 11.1 Å². The average molecular weight is 445 g/mol. The molecule has 0 unspecified atom stereocenters. The molecule has 0 bridgehead atoms. The van der Waals surface area contributed by atoms with Crippen molar-refractivity contribution in [1.82, 2.24) is 14.8 Å². The fourth-order valence-electron chi connectivity index (χ4n) is 3.37. The Labute approximate surface area is 191 Å².